The van der Waals surface area contributed by atoms with Crippen LogP contribution in [0.3, 0.4) is 0 Å². The monoisotopic (exact) mass is 303 g/mol. The van der Waals surface area contributed by atoms with Gasteiger partial charge in [0.1, 0.15) is 5.78 Å². The minimum absolute atomic E-state index is 0.0463. The third-order valence-electron chi connectivity index (χ3n) is 3.50. The zero-order chi connectivity index (χ0) is 17.1. The molecule has 0 spiro atoms. The van der Waals surface area contributed by atoms with Gasteiger partial charge in [0.15, 0.2) is 0 Å². The van der Waals surface area contributed by atoms with Gasteiger partial charge in [-0.15, -0.1) is 0 Å². The van der Waals surface area contributed by atoms with Crippen molar-refractivity contribution in [2.24, 2.45) is 0 Å². The topological polar surface area (TPSA) is 40.5 Å². The highest BCUT2D eigenvalue weighted by atomic mass is 16.3. The highest BCUT2D eigenvalue weighted by molar-refractivity contribution is 5.81. The molecule has 2 unspecified atom stereocenters. The number of nitrogens with zero attached hydrogens (tertiary/aromatic N) is 1. The van der Waals surface area contributed by atoms with Crippen LogP contribution >= 0.6 is 0 Å². The fourth-order valence-corrected chi connectivity index (χ4v) is 2.40. The molecule has 0 aromatic rings. The maximum absolute atomic E-state index is 10.8. The van der Waals surface area contributed by atoms with Crippen molar-refractivity contribution in [2.75, 3.05) is 13.6 Å². The van der Waals surface area contributed by atoms with Gasteiger partial charge in [-0.1, -0.05) is 49.6 Å². The molecule has 2 atom stereocenters. The van der Waals surface area contributed by atoms with E-state index in [4.69, 9.17) is 5.11 Å². The third-order valence-corrected chi connectivity index (χ3v) is 3.50. The minimum Gasteiger partial charge on any atom is -0.392 e. The molecule has 3 nitrogen and oxygen atoms in total. The SMILES string of the molecule is C=C\C=C(C=C)/C(/C=C\C)=C\C.CC(=O)C1CC(O)CN1C. The van der Waals surface area contributed by atoms with Crippen LogP contribution in [-0.2, 0) is 4.79 Å². The molecule has 1 fully saturated rings. The Morgan fingerprint density at radius 1 is 1.27 bits per heavy atom. The van der Waals surface area contributed by atoms with Crippen LogP contribution in [0.15, 0.2) is 60.8 Å². The summed E-state index contributed by atoms with van der Waals surface area (Å²) >= 11 is 0. The Kier molecular flexibility index (Phi) is 10.1. The maximum atomic E-state index is 10.8. The standard InChI is InChI=1S/C12H16.C7H13NO2/c1-5-9-11(7-3)12(8-4)10-6-2;1-5(9)7-3-6(10)4-8(7)2/h5-10H,1,3H2,2,4H3;6-7,10H,3-4H2,1-2H3/b10-6-,11-9-,12-8-;. The number of ketones is 1. The molecule has 0 saturated carbocycles. The third kappa shape index (κ3) is 6.83. The number of carbonyl (C=O) groups excluding carboxylic acids is 1. The van der Waals surface area contributed by atoms with E-state index in [0.717, 1.165) is 5.57 Å². The van der Waals surface area contributed by atoms with Crippen molar-refractivity contribution in [1.29, 1.82) is 0 Å². The maximum Gasteiger partial charge on any atom is 0.146 e. The van der Waals surface area contributed by atoms with Crippen molar-refractivity contribution in [3.05, 3.63) is 60.8 Å². The van der Waals surface area contributed by atoms with Crippen molar-refractivity contribution < 1.29 is 9.90 Å². The zero-order valence-corrected chi connectivity index (χ0v) is 14.2. The van der Waals surface area contributed by atoms with Gasteiger partial charge in [-0.2, -0.15) is 0 Å². The number of aliphatic hydroxyl groups is 1. The molecule has 1 heterocycles. The molecule has 1 aliphatic rings. The predicted octanol–water partition coefficient (Wildman–Crippen LogP) is 3.45. The first-order valence-electron chi connectivity index (χ1n) is 7.54. The summed E-state index contributed by atoms with van der Waals surface area (Å²) in [5.41, 5.74) is 2.28. The lowest BCUT2D eigenvalue weighted by molar-refractivity contribution is -0.120. The largest absolute Gasteiger partial charge is 0.392 e. The van der Waals surface area contributed by atoms with E-state index in [1.807, 2.05) is 44.0 Å². The second-order valence-corrected chi connectivity index (χ2v) is 5.26. The van der Waals surface area contributed by atoms with E-state index in [1.54, 1.807) is 13.0 Å². The summed E-state index contributed by atoms with van der Waals surface area (Å²) in [5.74, 6) is 0.152. The van der Waals surface area contributed by atoms with Gasteiger partial charge in [-0.25, -0.2) is 0 Å². The average Bonchev–Trinajstić information content (AvgIpc) is 2.82. The molecule has 0 aromatic carbocycles. The van der Waals surface area contributed by atoms with Gasteiger partial charge < -0.3 is 5.11 Å². The number of likely N-dealkylation sites (tertiary alicyclic amines) is 1. The molecular formula is C19H29NO2. The van der Waals surface area contributed by atoms with Crippen LogP contribution < -0.4 is 0 Å². The van der Waals surface area contributed by atoms with Crippen LogP contribution in [0, 0.1) is 0 Å². The predicted molar refractivity (Wildman–Crippen MR) is 94.8 cm³/mol. The van der Waals surface area contributed by atoms with Crippen molar-refractivity contribution in [1.82, 2.24) is 4.90 Å². The van der Waals surface area contributed by atoms with Crippen LogP contribution in [0.1, 0.15) is 27.2 Å². The molecule has 0 radical (unpaired) electrons. The number of β-amino-alcohol motifs (C(OH)–C–C–N with tert-alkyl or cyclic N) is 1. The lowest BCUT2D eigenvalue weighted by Crippen LogP contribution is -2.30. The minimum atomic E-state index is -0.307. The second kappa shape index (κ2) is 10.9. The number of Topliss-reactive ketones (excluding diaryl/α,β-unsaturated/α-hetero) is 1. The van der Waals surface area contributed by atoms with Crippen LogP contribution in [0.5, 0.6) is 0 Å². The molecule has 0 amide bonds. The van der Waals surface area contributed by atoms with Crippen molar-refractivity contribution >= 4 is 5.78 Å². The number of hydrogen-bond acceptors (Lipinski definition) is 3. The normalized spacial score (nSPS) is 23.1. The Hall–Kier alpha value is -1.71. The average molecular weight is 303 g/mol. The number of likely N-dealkylation sites (N-methyl/N-ethyl adjacent to an activating group) is 1. The van der Waals surface area contributed by atoms with E-state index < -0.39 is 0 Å². The summed E-state index contributed by atoms with van der Waals surface area (Å²) in [7, 11) is 1.86. The molecule has 1 aliphatic heterocycles. The number of aliphatic hydroxyl groups excluding tert-OH is 1. The van der Waals surface area contributed by atoms with E-state index in [0.29, 0.717) is 13.0 Å². The summed E-state index contributed by atoms with van der Waals surface area (Å²) in [6.07, 6.45) is 12.0. The molecule has 3 heteroatoms. The molecular weight excluding hydrogens is 274 g/mol. The molecule has 122 valence electrons. The smallest absolute Gasteiger partial charge is 0.146 e. The van der Waals surface area contributed by atoms with Crippen molar-refractivity contribution in [2.45, 2.75) is 39.3 Å². The molecule has 1 rings (SSSR count). The Morgan fingerprint density at radius 3 is 2.18 bits per heavy atom. The van der Waals surface area contributed by atoms with Gasteiger partial charge in [0.2, 0.25) is 0 Å². The first kappa shape index (κ1) is 20.3. The quantitative estimate of drug-likeness (QED) is 0.791. The first-order valence-corrected chi connectivity index (χ1v) is 7.54. The summed E-state index contributed by atoms with van der Waals surface area (Å²) < 4.78 is 0. The second-order valence-electron chi connectivity index (χ2n) is 5.26. The molecule has 0 aromatic heterocycles. The van der Waals surface area contributed by atoms with Gasteiger partial charge >= 0.3 is 0 Å². The van der Waals surface area contributed by atoms with Gasteiger partial charge in [0, 0.05) is 6.54 Å². The zero-order valence-electron chi connectivity index (χ0n) is 14.2. The fourth-order valence-electron chi connectivity index (χ4n) is 2.40. The molecule has 22 heavy (non-hydrogen) atoms. The lowest BCUT2D eigenvalue weighted by Gasteiger charge is -2.14. The molecule has 0 aliphatic carbocycles. The van der Waals surface area contributed by atoms with E-state index in [9.17, 15) is 4.79 Å². The Balaban J connectivity index is 0.000000406. The van der Waals surface area contributed by atoms with E-state index in [2.05, 4.69) is 25.3 Å². The summed E-state index contributed by atoms with van der Waals surface area (Å²) in [5, 5.41) is 9.12. The fraction of sp³-hybridized carbons (Fsp3) is 0.421. The highest BCUT2D eigenvalue weighted by Crippen LogP contribution is 2.15. The van der Waals surface area contributed by atoms with E-state index >= 15 is 0 Å². The van der Waals surface area contributed by atoms with Crippen LogP contribution in [0.2, 0.25) is 0 Å². The van der Waals surface area contributed by atoms with Crippen molar-refractivity contribution in [3.8, 4) is 0 Å². The molecule has 1 N–H and O–H groups in total. The Labute approximate surface area is 135 Å². The van der Waals surface area contributed by atoms with E-state index in [1.165, 1.54) is 5.57 Å². The van der Waals surface area contributed by atoms with Gasteiger partial charge in [0.25, 0.3) is 0 Å². The Bertz CT molecular complexity index is 472. The van der Waals surface area contributed by atoms with E-state index in [-0.39, 0.29) is 17.9 Å². The molecule has 1 saturated heterocycles. The van der Waals surface area contributed by atoms with Crippen LogP contribution in [0.4, 0.5) is 0 Å². The summed E-state index contributed by atoms with van der Waals surface area (Å²) in [4.78, 5) is 12.7. The number of hydrogen-bond donors (Lipinski definition) is 1. The van der Waals surface area contributed by atoms with Gasteiger partial charge in [-0.3, -0.25) is 9.69 Å². The lowest BCUT2D eigenvalue weighted by atomic mass is 10.1. The van der Waals surface area contributed by atoms with Gasteiger partial charge in [-0.05, 0) is 45.4 Å². The van der Waals surface area contributed by atoms with Crippen LogP contribution in [-0.4, -0.2) is 41.5 Å². The molecule has 0 bridgehead atoms. The number of allylic oxidation sites excluding steroid dienone is 8. The number of carbonyl (C=O) groups is 1. The van der Waals surface area contributed by atoms with Gasteiger partial charge in [0.05, 0.1) is 12.1 Å². The first-order chi connectivity index (χ1) is 10.4. The number of rotatable bonds is 5. The van der Waals surface area contributed by atoms with Crippen molar-refractivity contribution in [3.63, 3.8) is 0 Å². The summed E-state index contributed by atoms with van der Waals surface area (Å²) in [6.45, 7) is 13.6. The van der Waals surface area contributed by atoms with Crippen LogP contribution in [0.25, 0.3) is 0 Å². The highest BCUT2D eigenvalue weighted by Gasteiger charge is 2.30. The summed E-state index contributed by atoms with van der Waals surface area (Å²) in [6, 6.07) is -0.0463. The Morgan fingerprint density at radius 2 is 1.91 bits per heavy atom.